The Morgan fingerprint density at radius 1 is 0.885 bits per heavy atom. The molecular formula is C43H44ClN3O5. The molecule has 5 aromatic rings. The zero-order valence-corrected chi connectivity index (χ0v) is 30.8. The van der Waals surface area contributed by atoms with Crippen LogP contribution in [0.25, 0.3) is 22.3 Å². The highest BCUT2D eigenvalue weighted by Gasteiger charge is 2.23. The SMILES string of the molecule is CC.Cc1c(COc2cc(OCc3cncc(C#N)c3)c(CN3CCC(O)C3)cc2Cl)cccc1-c1cccc(-c2ccc(OCC=O)cc2)c1C. The summed E-state index contributed by atoms with van der Waals surface area (Å²) < 4.78 is 18.1. The summed E-state index contributed by atoms with van der Waals surface area (Å²) in [7, 11) is 0. The second-order valence-electron chi connectivity index (χ2n) is 12.4. The highest BCUT2D eigenvalue weighted by atomic mass is 35.5. The van der Waals surface area contributed by atoms with Crippen LogP contribution in [0.1, 0.15) is 53.6 Å². The predicted molar refractivity (Wildman–Crippen MR) is 205 cm³/mol. The van der Waals surface area contributed by atoms with Crippen molar-refractivity contribution in [2.45, 2.75) is 60.0 Å². The number of aromatic nitrogens is 1. The lowest BCUT2D eigenvalue weighted by molar-refractivity contribution is -0.109. The van der Waals surface area contributed by atoms with E-state index in [-0.39, 0.29) is 19.3 Å². The van der Waals surface area contributed by atoms with Crippen LogP contribution in [0.2, 0.25) is 5.02 Å². The molecular weight excluding hydrogens is 674 g/mol. The fourth-order valence-corrected chi connectivity index (χ4v) is 6.56. The molecule has 0 radical (unpaired) electrons. The van der Waals surface area contributed by atoms with Crippen molar-refractivity contribution in [3.63, 3.8) is 0 Å². The molecule has 4 aromatic carbocycles. The Kier molecular flexibility index (Phi) is 13.4. The fraction of sp³-hybridized carbons (Fsp3) is 0.279. The Morgan fingerprint density at radius 3 is 2.31 bits per heavy atom. The molecule has 0 saturated carbocycles. The second kappa shape index (κ2) is 18.3. The first-order chi connectivity index (χ1) is 25.3. The van der Waals surface area contributed by atoms with Gasteiger partial charge in [0.05, 0.1) is 16.7 Å². The van der Waals surface area contributed by atoms with Crippen molar-refractivity contribution in [2.75, 3.05) is 19.7 Å². The van der Waals surface area contributed by atoms with Crippen LogP contribution in [-0.4, -0.2) is 47.1 Å². The van der Waals surface area contributed by atoms with E-state index in [0.29, 0.717) is 47.5 Å². The number of aliphatic hydroxyl groups excluding tert-OH is 1. The summed E-state index contributed by atoms with van der Waals surface area (Å²) in [6.45, 7) is 10.7. The number of aldehydes is 1. The number of nitriles is 1. The van der Waals surface area contributed by atoms with Gasteiger partial charge in [-0.05, 0) is 83.5 Å². The van der Waals surface area contributed by atoms with Crippen molar-refractivity contribution in [1.82, 2.24) is 9.88 Å². The Labute approximate surface area is 311 Å². The molecule has 2 heterocycles. The average Bonchev–Trinajstić information content (AvgIpc) is 3.59. The van der Waals surface area contributed by atoms with Crippen LogP contribution in [0.3, 0.4) is 0 Å². The second-order valence-corrected chi connectivity index (χ2v) is 12.8. The standard InChI is InChI=1S/C41H38ClN3O5.C2H6/c1-27-32(5-3-7-37(27)38-8-4-6-36(28(38)2)31-9-11-35(12-10-31)48-16-15-46)26-50-41-19-40(49-25-30-17-29(20-43)21-44-22-30)33(18-39(41)42)23-45-14-13-34(47)24-45;1-2/h3-12,15,17-19,21-22,34,47H,13-14,16,23-26H2,1-2H3;1-2H3. The number of pyridine rings is 1. The minimum Gasteiger partial charge on any atom is -0.488 e. The number of carbonyl (C=O) groups is 1. The molecule has 1 fully saturated rings. The van der Waals surface area contributed by atoms with E-state index >= 15 is 0 Å². The van der Waals surface area contributed by atoms with Crippen LogP contribution in [0.4, 0.5) is 0 Å². The molecule has 0 amide bonds. The van der Waals surface area contributed by atoms with Gasteiger partial charge in [-0.25, -0.2) is 0 Å². The van der Waals surface area contributed by atoms with Gasteiger partial charge in [-0.1, -0.05) is 74.0 Å². The summed E-state index contributed by atoms with van der Waals surface area (Å²) in [6, 6.07) is 27.9. The van der Waals surface area contributed by atoms with E-state index in [0.717, 1.165) is 69.3 Å². The number of likely N-dealkylation sites (tertiary alicyclic amines) is 1. The maximum absolute atomic E-state index is 10.7. The molecule has 1 aromatic heterocycles. The molecule has 6 rings (SSSR count). The predicted octanol–water partition coefficient (Wildman–Crippen LogP) is 8.89. The normalized spacial score (nSPS) is 13.8. The summed E-state index contributed by atoms with van der Waals surface area (Å²) in [5, 5.41) is 19.9. The zero-order chi connectivity index (χ0) is 37.0. The monoisotopic (exact) mass is 717 g/mol. The van der Waals surface area contributed by atoms with Gasteiger partial charge >= 0.3 is 0 Å². The number of rotatable bonds is 13. The van der Waals surface area contributed by atoms with E-state index in [1.165, 1.54) is 6.20 Å². The maximum atomic E-state index is 10.7. The van der Waals surface area contributed by atoms with Crippen molar-refractivity contribution in [1.29, 1.82) is 5.26 Å². The molecule has 52 heavy (non-hydrogen) atoms. The van der Waals surface area contributed by atoms with Gasteiger partial charge in [0.2, 0.25) is 0 Å². The number of halogens is 1. The van der Waals surface area contributed by atoms with Crippen molar-refractivity contribution in [2.24, 2.45) is 0 Å². The molecule has 1 aliphatic rings. The van der Waals surface area contributed by atoms with Crippen LogP contribution in [0.5, 0.6) is 17.2 Å². The summed E-state index contributed by atoms with van der Waals surface area (Å²) in [6.07, 6.45) is 4.32. The molecule has 1 saturated heterocycles. The number of β-amino-alcohol motifs (C(OH)–C–C–N with tert-alkyl or cyclic N) is 1. The van der Waals surface area contributed by atoms with Gasteiger partial charge in [-0.3, -0.25) is 14.7 Å². The number of carbonyl (C=O) groups excluding carboxylic acids is 1. The van der Waals surface area contributed by atoms with E-state index in [2.05, 4.69) is 60.1 Å². The van der Waals surface area contributed by atoms with Crippen LogP contribution in [0.15, 0.2) is 91.3 Å². The summed E-state index contributed by atoms with van der Waals surface area (Å²) in [5.74, 6) is 1.77. The van der Waals surface area contributed by atoms with Gasteiger partial charge in [0.15, 0.2) is 6.29 Å². The van der Waals surface area contributed by atoms with Crippen molar-refractivity contribution >= 4 is 17.9 Å². The van der Waals surface area contributed by atoms with E-state index < -0.39 is 0 Å². The minimum atomic E-state index is -0.343. The minimum absolute atomic E-state index is 0.0290. The smallest absolute Gasteiger partial charge is 0.157 e. The highest BCUT2D eigenvalue weighted by Crippen LogP contribution is 2.37. The van der Waals surface area contributed by atoms with Crippen LogP contribution < -0.4 is 14.2 Å². The van der Waals surface area contributed by atoms with E-state index in [1.54, 1.807) is 12.3 Å². The summed E-state index contributed by atoms with van der Waals surface area (Å²) in [5.41, 5.74) is 9.82. The van der Waals surface area contributed by atoms with Crippen LogP contribution in [0, 0.1) is 25.2 Å². The molecule has 268 valence electrons. The molecule has 0 aliphatic carbocycles. The third-order valence-corrected chi connectivity index (χ3v) is 9.31. The lowest BCUT2D eigenvalue weighted by atomic mass is 9.89. The highest BCUT2D eigenvalue weighted by molar-refractivity contribution is 6.32. The quantitative estimate of drug-likeness (QED) is 0.121. The number of hydrogen-bond donors (Lipinski definition) is 1. The van der Waals surface area contributed by atoms with Gasteiger partial charge in [0, 0.05) is 49.2 Å². The molecule has 1 aliphatic heterocycles. The lowest BCUT2D eigenvalue weighted by Gasteiger charge is -2.20. The third-order valence-electron chi connectivity index (χ3n) is 9.01. The van der Waals surface area contributed by atoms with E-state index in [1.807, 2.05) is 56.3 Å². The molecule has 9 heteroatoms. The number of nitrogens with zero attached hydrogens (tertiary/aromatic N) is 3. The van der Waals surface area contributed by atoms with E-state index in [9.17, 15) is 15.2 Å². The Hall–Kier alpha value is -5.20. The first-order valence-electron chi connectivity index (χ1n) is 17.5. The topological polar surface area (TPSA) is 105 Å². The van der Waals surface area contributed by atoms with Gasteiger partial charge in [-0.2, -0.15) is 5.26 Å². The molecule has 1 unspecified atom stereocenters. The molecule has 0 bridgehead atoms. The lowest BCUT2D eigenvalue weighted by Crippen LogP contribution is -2.22. The van der Waals surface area contributed by atoms with Crippen LogP contribution in [-0.2, 0) is 24.6 Å². The zero-order valence-electron chi connectivity index (χ0n) is 30.1. The van der Waals surface area contributed by atoms with Gasteiger partial charge in [0.1, 0.15) is 43.1 Å². The molecule has 1 N–H and O–H groups in total. The Morgan fingerprint density at radius 2 is 1.60 bits per heavy atom. The molecule has 1 atom stereocenters. The summed E-state index contributed by atoms with van der Waals surface area (Å²) in [4.78, 5) is 17.0. The van der Waals surface area contributed by atoms with Crippen molar-refractivity contribution < 1.29 is 24.1 Å². The third kappa shape index (κ3) is 9.36. The average molecular weight is 718 g/mol. The fourth-order valence-electron chi connectivity index (χ4n) is 6.32. The van der Waals surface area contributed by atoms with E-state index in [4.69, 9.17) is 25.8 Å². The number of ether oxygens (including phenoxy) is 3. The Balaban J connectivity index is 0.00000257. The summed E-state index contributed by atoms with van der Waals surface area (Å²) >= 11 is 6.82. The molecule has 8 nitrogen and oxygen atoms in total. The van der Waals surface area contributed by atoms with Crippen molar-refractivity contribution in [3.8, 4) is 45.6 Å². The molecule has 0 spiro atoms. The van der Waals surface area contributed by atoms with Gasteiger partial charge < -0.3 is 19.3 Å². The number of benzene rings is 4. The first kappa shape index (κ1) is 38.0. The van der Waals surface area contributed by atoms with Crippen LogP contribution >= 0.6 is 11.6 Å². The van der Waals surface area contributed by atoms with Gasteiger partial charge in [-0.15, -0.1) is 0 Å². The number of aliphatic hydroxyl groups is 1. The largest absolute Gasteiger partial charge is 0.488 e. The maximum Gasteiger partial charge on any atom is 0.157 e. The van der Waals surface area contributed by atoms with Crippen molar-refractivity contribution in [3.05, 3.63) is 130 Å². The van der Waals surface area contributed by atoms with Gasteiger partial charge in [0.25, 0.3) is 0 Å². The number of hydrogen-bond acceptors (Lipinski definition) is 8. The Bertz CT molecular complexity index is 2030. The first-order valence-corrected chi connectivity index (χ1v) is 17.9.